The quantitative estimate of drug-likeness (QED) is 0.836. The lowest BCUT2D eigenvalue weighted by Crippen LogP contribution is -2.32. The number of aryl methyl sites for hydroxylation is 1. The summed E-state index contributed by atoms with van der Waals surface area (Å²) in [5.41, 5.74) is 7.17. The number of amides is 1. The summed E-state index contributed by atoms with van der Waals surface area (Å²) in [5.74, 6) is -0.0187. The number of rotatable bonds is 4. The topological polar surface area (TPSA) is 63.4 Å². The van der Waals surface area contributed by atoms with Crippen LogP contribution in [0.2, 0.25) is 0 Å². The Hall–Kier alpha value is -1.36. The molecule has 0 spiro atoms. The summed E-state index contributed by atoms with van der Waals surface area (Å²) in [6, 6.07) is 5.65. The summed E-state index contributed by atoms with van der Waals surface area (Å²) in [4.78, 5) is 14.3. The van der Waals surface area contributed by atoms with Crippen LogP contribution >= 0.6 is 0 Å². The smallest absolute Gasteiger partial charge is 0.235 e. The highest BCUT2D eigenvalue weighted by molar-refractivity contribution is 7.85. The zero-order valence-electron chi connectivity index (χ0n) is 10.7. The van der Waals surface area contributed by atoms with Gasteiger partial charge in [-0.2, -0.15) is 0 Å². The monoisotopic (exact) mass is 266 g/mol. The van der Waals surface area contributed by atoms with Crippen LogP contribution in [0.4, 0.5) is 5.69 Å². The van der Waals surface area contributed by atoms with Gasteiger partial charge in [0.1, 0.15) is 5.75 Å². The number of benzene rings is 1. The van der Waals surface area contributed by atoms with E-state index >= 15 is 0 Å². The fourth-order valence-electron chi connectivity index (χ4n) is 1.82. The average molecular weight is 266 g/mol. The first kappa shape index (κ1) is 13.1. The van der Waals surface area contributed by atoms with Gasteiger partial charge in [0.05, 0.1) is 10.8 Å². The fourth-order valence-corrected chi connectivity index (χ4v) is 3.10. The Bertz CT molecular complexity index is 498. The maximum Gasteiger partial charge on any atom is 0.235 e. The maximum atomic E-state index is 12.2. The van der Waals surface area contributed by atoms with Crippen molar-refractivity contribution in [1.82, 2.24) is 4.90 Å². The van der Waals surface area contributed by atoms with Crippen LogP contribution in [-0.4, -0.2) is 33.9 Å². The van der Waals surface area contributed by atoms with Gasteiger partial charge >= 0.3 is 0 Å². The summed E-state index contributed by atoms with van der Waals surface area (Å²) in [5, 5.41) is 0. The third-order valence-electron chi connectivity index (χ3n) is 3.20. The average Bonchev–Trinajstić information content (AvgIpc) is 3.15. The molecule has 0 radical (unpaired) electrons. The van der Waals surface area contributed by atoms with Gasteiger partial charge in [-0.05, 0) is 37.5 Å². The van der Waals surface area contributed by atoms with Crippen LogP contribution in [0.5, 0.6) is 0 Å². The molecule has 0 aromatic heterocycles. The van der Waals surface area contributed by atoms with E-state index in [0.717, 1.165) is 18.4 Å². The molecule has 5 heteroatoms. The number of carbonyl (C=O) groups is 1. The molecule has 0 heterocycles. The second kappa shape index (κ2) is 5.10. The van der Waals surface area contributed by atoms with Gasteiger partial charge in [-0.3, -0.25) is 9.00 Å². The van der Waals surface area contributed by atoms with Crippen molar-refractivity contribution < 1.29 is 9.00 Å². The highest BCUT2D eigenvalue weighted by atomic mass is 32.2. The summed E-state index contributed by atoms with van der Waals surface area (Å²) in [6.07, 6.45) is 2.12. The molecule has 0 bridgehead atoms. The normalized spacial score (nSPS) is 16.3. The molecule has 1 aliphatic rings. The van der Waals surface area contributed by atoms with Crippen LogP contribution in [0, 0.1) is 6.92 Å². The van der Waals surface area contributed by atoms with Gasteiger partial charge < -0.3 is 10.6 Å². The van der Waals surface area contributed by atoms with E-state index < -0.39 is 10.8 Å². The number of nitrogen functional groups attached to an aromatic ring is 1. The summed E-state index contributed by atoms with van der Waals surface area (Å²) in [6.45, 7) is 1.88. The molecule has 1 aromatic rings. The first-order valence-corrected chi connectivity index (χ1v) is 7.31. The molecule has 2 rings (SSSR count). The molecule has 0 saturated heterocycles. The van der Waals surface area contributed by atoms with E-state index in [0.29, 0.717) is 16.6 Å². The third kappa shape index (κ3) is 2.90. The van der Waals surface area contributed by atoms with Gasteiger partial charge in [-0.15, -0.1) is 0 Å². The molecule has 1 unspecified atom stereocenters. The summed E-state index contributed by atoms with van der Waals surface area (Å²) in [7, 11) is 0.465. The number of nitrogens with two attached hydrogens (primary N) is 1. The van der Waals surface area contributed by atoms with Crippen LogP contribution < -0.4 is 5.73 Å². The minimum atomic E-state index is -1.32. The second-order valence-corrected chi connectivity index (χ2v) is 6.17. The number of hydrogen-bond acceptors (Lipinski definition) is 3. The van der Waals surface area contributed by atoms with Crippen LogP contribution in [0.1, 0.15) is 18.4 Å². The van der Waals surface area contributed by atoms with Gasteiger partial charge in [0, 0.05) is 23.7 Å². The molecule has 1 aromatic carbocycles. The Morgan fingerprint density at radius 3 is 2.78 bits per heavy atom. The van der Waals surface area contributed by atoms with Crippen molar-refractivity contribution in [1.29, 1.82) is 0 Å². The number of carbonyl (C=O) groups excluding carboxylic acids is 1. The summed E-state index contributed by atoms with van der Waals surface area (Å²) >= 11 is 0. The third-order valence-corrected chi connectivity index (χ3v) is 4.64. The molecule has 1 atom stereocenters. The molecule has 1 amide bonds. The lowest BCUT2D eigenvalue weighted by Gasteiger charge is -2.16. The van der Waals surface area contributed by atoms with Gasteiger partial charge in [0.2, 0.25) is 5.91 Å². The maximum absolute atomic E-state index is 12.2. The van der Waals surface area contributed by atoms with Crippen molar-refractivity contribution in [3.8, 4) is 0 Å². The van der Waals surface area contributed by atoms with Crippen molar-refractivity contribution in [2.75, 3.05) is 18.5 Å². The predicted octanol–water partition coefficient (Wildman–Crippen LogP) is 1.31. The van der Waals surface area contributed by atoms with Gasteiger partial charge in [-0.25, -0.2) is 0 Å². The Kier molecular flexibility index (Phi) is 3.71. The minimum Gasteiger partial charge on any atom is -0.399 e. The molecule has 1 saturated carbocycles. The fraction of sp³-hybridized carbons (Fsp3) is 0.462. The van der Waals surface area contributed by atoms with Crippen molar-refractivity contribution in [3.05, 3.63) is 23.8 Å². The highest BCUT2D eigenvalue weighted by Crippen LogP contribution is 2.26. The van der Waals surface area contributed by atoms with Gasteiger partial charge in [0.25, 0.3) is 0 Å². The molecule has 1 fully saturated rings. The lowest BCUT2D eigenvalue weighted by atomic mass is 10.2. The first-order chi connectivity index (χ1) is 8.49. The van der Waals surface area contributed by atoms with Crippen molar-refractivity contribution in [3.63, 3.8) is 0 Å². The van der Waals surface area contributed by atoms with Crippen molar-refractivity contribution >= 4 is 22.4 Å². The molecular weight excluding hydrogens is 248 g/mol. The van der Waals surface area contributed by atoms with Crippen LogP contribution in [-0.2, 0) is 15.6 Å². The van der Waals surface area contributed by atoms with Crippen LogP contribution in [0.15, 0.2) is 23.1 Å². The molecular formula is C13H18N2O2S. The zero-order valence-corrected chi connectivity index (χ0v) is 11.5. The van der Waals surface area contributed by atoms with E-state index in [1.54, 1.807) is 24.1 Å². The molecule has 0 aliphatic heterocycles. The molecule has 1 aliphatic carbocycles. The Morgan fingerprint density at radius 1 is 1.50 bits per heavy atom. The number of nitrogens with zero attached hydrogens (tertiary/aromatic N) is 1. The van der Waals surface area contributed by atoms with E-state index in [2.05, 4.69) is 0 Å². The molecule has 4 nitrogen and oxygen atoms in total. The van der Waals surface area contributed by atoms with E-state index in [4.69, 9.17) is 5.73 Å². The van der Waals surface area contributed by atoms with E-state index in [-0.39, 0.29) is 11.7 Å². The first-order valence-electron chi connectivity index (χ1n) is 5.99. The van der Waals surface area contributed by atoms with Crippen molar-refractivity contribution in [2.45, 2.75) is 30.7 Å². The van der Waals surface area contributed by atoms with E-state index in [9.17, 15) is 9.00 Å². The second-order valence-electron chi connectivity index (χ2n) is 4.75. The predicted molar refractivity (Wildman–Crippen MR) is 72.7 cm³/mol. The SMILES string of the molecule is Cc1ccc(N)cc1S(=O)CC(=O)N(C)C1CC1. The Balaban J connectivity index is 2.07. The zero-order chi connectivity index (χ0) is 13.3. The van der Waals surface area contributed by atoms with Gasteiger partial charge in [-0.1, -0.05) is 6.07 Å². The number of anilines is 1. The van der Waals surface area contributed by atoms with Crippen LogP contribution in [0.25, 0.3) is 0 Å². The molecule has 2 N–H and O–H groups in total. The lowest BCUT2D eigenvalue weighted by molar-refractivity contribution is -0.127. The van der Waals surface area contributed by atoms with E-state index in [1.165, 1.54) is 0 Å². The standard InChI is InChI=1S/C13H18N2O2S/c1-9-3-4-10(14)7-12(9)18(17)8-13(16)15(2)11-5-6-11/h3-4,7,11H,5-6,8,14H2,1-2H3. The summed E-state index contributed by atoms with van der Waals surface area (Å²) < 4.78 is 12.2. The van der Waals surface area contributed by atoms with Crippen LogP contribution in [0.3, 0.4) is 0 Å². The number of hydrogen-bond donors (Lipinski definition) is 1. The van der Waals surface area contributed by atoms with Gasteiger partial charge in [0.15, 0.2) is 0 Å². The Labute approximate surface area is 110 Å². The largest absolute Gasteiger partial charge is 0.399 e. The molecule has 98 valence electrons. The highest BCUT2D eigenvalue weighted by Gasteiger charge is 2.30. The Morgan fingerprint density at radius 2 is 2.17 bits per heavy atom. The van der Waals surface area contributed by atoms with E-state index in [1.807, 2.05) is 13.0 Å². The minimum absolute atomic E-state index is 0.0390. The molecule has 18 heavy (non-hydrogen) atoms. The van der Waals surface area contributed by atoms with Crippen molar-refractivity contribution in [2.24, 2.45) is 0 Å².